The topological polar surface area (TPSA) is 114 Å². The molecule has 0 bridgehead atoms. The Kier molecular flexibility index (Phi) is 7.91. The van der Waals surface area contributed by atoms with E-state index in [2.05, 4.69) is 5.32 Å². The van der Waals surface area contributed by atoms with Gasteiger partial charge in [-0.2, -0.15) is 0 Å². The van der Waals surface area contributed by atoms with Crippen LogP contribution < -0.4 is 20.5 Å². The van der Waals surface area contributed by atoms with E-state index < -0.39 is 18.0 Å². The monoisotopic (exact) mass is 460 g/mol. The van der Waals surface area contributed by atoms with Gasteiger partial charge in [0.1, 0.15) is 11.5 Å². The molecule has 3 N–H and O–H groups in total. The van der Waals surface area contributed by atoms with Crippen LogP contribution in [0.2, 0.25) is 5.02 Å². The van der Waals surface area contributed by atoms with E-state index in [0.29, 0.717) is 22.1 Å². The van der Waals surface area contributed by atoms with E-state index >= 15 is 0 Å². The molecule has 1 aliphatic rings. The zero-order valence-corrected chi connectivity index (χ0v) is 18.4. The standard InChI is InChI=1S/C22H25ClN4O5/c1-31-18-4-2-3-15(13-18)22(30)27-12-11-26(21(27)20(29)25-10-9-24)19(28)14-32-17-7-5-16(23)6-8-17/h2-8,13,21H,9-12,14,24H2,1H3,(H,25,29). The van der Waals surface area contributed by atoms with Crippen molar-refractivity contribution in [2.45, 2.75) is 6.17 Å². The summed E-state index contributed by atoms with van der Waals surface area (Å²) in [6, 6.07) is 13.2. The average molecular weight is 461 g/mol. The Morgan fingerprint density at radius 1 is 1.09 bits per heavy atom. The van der Waals surface area contributed by atoms with Crippen LogP contribution >= 0.6 is 11.6 Å². The molecule has 170 valence electrons. The highest BCUT2D eigenvalue weighted by atomic mass is 35.5. The van der Waals surface area contributed by atoms with E-state index in [0.717, 1.165) is 0 Å². The molecule has 3 amide bonds. The number of amides is 3. The molecule has 0 spiro atoms. The molecular weight excluding hydrogens is 436 g/mol. The fraction of sp³-hybridized carbons (Fsp3) is 0.318. The lowest BCUT2D eigenvalue weighted by Crippen LogP contribution is -2.55. The van der Waals surface area contributed by atoms with Gasteiger partial charge in [-0.1, -0.05) is 17.7 Å². The van der Waals surface area contributed by atoms with Crippen LogP contribution in [0, 0.1) is 0 Å². The van der Waals surface area contributed by atoms with E-state index in [1.54, 1.807) is 48.5 Å². The Morgan fingerprint density at radius 3 is 2.50 bits per heavy atom. The lowest BCUT2D eigenvalue weighted by molar-refractivity contribution is -0.142. The Morgan fingerprint density at radius 2 is 1.81 bits per heavy atom. The molecule has 0 radical (unpaired) electrons. The Labute approximate surface area is 191 Å². The van der Waals surface area contributed by atoms with Gasteiger partial charge in [-0.3, -0.25) is 14.4 Å². The van der Waals surface area contributed by atoms with Crippen LogP contribution in [0.3, 0.4) is 0 Å². The summed E-state index contributed by atoms with van der Waals surface area (Å²) < 4.78 is 10.7. The lowest BCUT2D eigenvalue weighted by Gasteiger charge is -2.29. The maximum atomic E-state index is 13.2. The van der Waals surface area contributed by atoms with E-state index in [1.807, 2.05) is 0 Å². The van der Waals surface area contributed by atoms with Crippen LogP contribution in [-0.4, -0.2) is 73.6 Å². The van der Waals surface area contributed by atoms with Crippen LogP contribution in [0.5, 0.6) is 11.5 Å². The third kappa shape index (κ3) is 5.49. The Bertz CT molecular complexity index is 969. The molecule has 1 saturated heterocycles. The highest BCUT2D eigenvalue weighted by Gasteiger charge is 2.42. The predicted octanol–water partition coefficient (Wildman–Crippen LogP) is 1.11. The first-order valence-electron chi connectivity index (χ1n) is 10.0. The summed E-state index contributed by atoms with van der Waals surface area (Å²) in [5.74, 6) is -0.303. The second kappa shape index (κ2) is 10.8. The summed E-state index contributed by atoms with van der Waals surface area (Å²) in [4.78, 5) is 41.6. The molecule has 10 heteroatoms. The van der Waals surface area contributed by atoms with Gasteiger partial charge in [0.05, 0.1) is 7.11 Å². The molecule has 1 aliphatic heterocycles. The van der Waals surface area contributed by atoms with E-state index in [1.165, 1.54) is 16.9 Å². The number of ether oxygens (including phenoxy) is 2. The number of nitrogens with zero attached hydrogens (tertiary/aromatic N) is 2. The maximum Gasteiger partial charge on any atom is 0.263 e. The number of halogens is 1. The summed E-state index contributed by atoms with van der Waals surface area (Å²) in [5.41, 5.74) is 5.85. The molecule has 2 aromatic carbocycles. The van der Waals surface area contributed by atoms with E-state index in [9.17, 15) is 14.4 Å². The summed E-state index contributed by atoms with van der Waals surface area (Å²) in [6.07, 6.45) is -1.11. The van der Waals surface area contributed by atoms with Crippen molar-refractivity contribution >= 4 is 29.3 Å². The fourth-order valence-electron chi connectivity index (χ4n) is 3.35. The highest BCUT2D eigenvalue weighted by molar-refractivity contribution is 6.30. The van der Waals surface area contributed by atoms with Gasteiger partial charge < -0.3 is 30.3 Å². The molecule has 0 saturated carbocycles. The number of methoxy groups -OCH3 is 1. The fourth-order valence-corrected chi connectivity index (χ4v) is 3.48. The van der Waals surface area contributed by atoms with Gasteiger partial charge in [0.2, 0.25) is 0 Å². The van der Waals surface area contributed by atoms with Crippen molar-refractivity contribution in [1.29, 1.82) is 0 Å². The molecule has 3 rings (SSSR count). The van der Waals surface area contributed by atoms with Crippen LogP contribution in [0.25, 0.3) is 0 Å². The normalized spacial score (nSPS) is 15.4. The van der Waals surface area contributed by atoms with E-state index in [-0.39, 0.29) is 38.7 Å². The van der Waals surface area contributed by atoms with Gasteiger partial charge in [0.15, 0.2) is 12.8 Å². The minimum absolute atomic E-state index is 0.194. The van der Waals surface area contributed by atoms with Gasteiger partial charge in [-0.25, -0.2) is 0 Å². The van der Waals surface area contributed by atoms with Gasteiger partial charge in [-0.05, 0) is 42.5 Å². The van der Waals surface area contributed by atoms with Crippen molar-refractivity contribution in [1.82, 2.24) is 15.1 Å². The maximum absolute atomic E-state index is 13.2. The quantitative estimate of drug-likeness (QED) is 0.610. The van der Waals surface area contributed by atoms with Gasteiger partial charge >= 0.3 is 0 Å². The second-order valence-electron chi connectivity index (χ2n) is 7.01. The molecule has 9 nitrogen and oxygen atoms in total. The number of carbonyl (C=O) groups is 3. The third-order valence-corrected chi connectivity index (χ3v) is 5.18. The Balaban J connectivity index is 1.77. The Hall–Kier alpha value is -3.30. The summed E-state index contributed by atoms with van der Waals surface area (Å²) in [6.45, 7) is 0.557. The molecular formula is C22H25ClN4O5. The number of benzene rings is 2. The summed E-state index contributed by atoms with van der Waals surface area (Å²) >= 11 is 5.86. The van der Waals surface area contributed by atoms with Crippen LogP contribution in [0.1, 0.15) is 10.4 Å². The van der Waals surface area contributed by atoms with Crippen molar-refractivity contribution in [3.63, 3.8) is 0 Å². The first kappa shape index (κ1) is 23.4. The van der Waals surface area contributed by atoms with Gasteiger partial charge in [0, 0.05) is 36.8 Å². The highest BCUT2D eigenvalue weighted by Crippen LogP contribution is 2.22. The summed E-state index contributed by atoms with van der Waals surface area (Å²) in [7, 11) is 1.50. The summed E-state index contributed by atoms with van der Waals surface area (Å²) in [5, 5.41) is 3.21. The van der Waals surface area contributed by atoms with Crippen molar-refractivity contribution in [3.05, 3.63) is 59.1 Å². The minimum Gasteiger partial charge on any atom is -0.497 e. The molecule has 0 aromatic heterocycles. The van der Waals surface area contributed by atoms with Gasteiger partial charge in [0.25, 0.3) is 17.7 Å². The number of hydrogen-bond donors (Lipinski definition) is 2. The first-order chi connectivity index (χ1) is 15.4. The van der Waals surface area contributed by atoms with Crippen LogP contribution in [-0.2, 0) is 9.59 Å². The molecule has 1 atom stereocenters. The third-order valence-electron chi connectivity index (χ3n) is 4.92. The number of carbonyl (C=O) groups excluding carboxylic acids is 3. The SMILES string of the molecule is COc1cccc(C(=O)N2CCN(C(=O)COc3ccc(Cl)cc3)C2C(=O)NCCN)c1. The lowest BCUT2D eigenvalue weighted by atomic mass is 10.2. The first-order valence-corrected chi connectivity index (χ1v) is 10.4. The zero-order valence-electron chi connectivity index (χ0n) is 17.6. The second-order valence-corrected chi connectivity index (χ2v) is 7.45. The molecule has 32 heavy (non-hydrogen) atoms. The average Bonchev–Trinajstić information content (AvgIpc) is 3.27. The zero-order chi connectivity index (χ0) is 23.1. The largest absolute Gasteiger partial charge is 0.497 e. The molecule has 1 unspecified atom stereocenters. The smallest absolute Gasteiger partial charge is 0.263 e. The molecule has 1 heterocycles. The van der Waals surface area contributed by atoms with Crippen molar-refractivity contribution < 1.29 is 23.9 Å². The van der Waals surface area contributed by atoms with Gasteiger partial charge in [-0.15, -0.1) is 0 Å². The molecule has 1 fully saturated rings. The number of nitrogens with two attached hydrogens (primary N) is 1. The van der Waals surface area contributed by atoms with Crippen molar-refractivity contribution in [2.24, 2.45) is 5.73 Å². The number of rotatable bonds is 8. The number of hydrogen-bond acceptors (Lipinski definition) is 6. The van der Waals surface area contributed by atoms with E-state index in [4.69, 9.17) is 26.8 Å². The molecule has 2 aromatic rings. The van der Waals surface area contributed by atoms with Crippen molar-refractivity contribution in [2.75, 3.05) is 39.9 Å². The van der Waals surface area contributed by atoms with Crippen molar-refractivity contribution in [3.8, 4) is 11.5 Å². The van der Waals surface area contributed by atoms with Crippen LogP contribution in [0.15, 0.2) is 48.5 Å². The predicted molar refractivity (Wildman–Crippen MR) is 119 cm³/mol. The molecule has 0 aliphatic carbocycles. The minimum atomic E-state index is -1.11. The van der Waals surface area contributed by atoms with Crippen LogP contribution in [0.4, 0.5) is 0 Å². The number of nitrogens with one attached hydrogen (secondary N) is 1.